The Balaban J connectivity index is 2.71. The molecule has 0 radical (unpaired) electrons. The summed E-state index contributed by atoms with van der Waals surface area (Å²) >= 11 is 0. The van der Waals surface area contributed by atoms with E-state index in [2.05, 4.69) is 5.32 Å². The first kappa shape index (κ1) is 13.1. The molecule has 0 spiro atoms. The fourth-order valence-corrected chi connectivity index (χ4v) is 1.31. The van der Waals surface area contributed by atoms with Gasteiger partial charge < -0.3 is 10.4 Å². The zero-order chi connectivity index (χ0) is 12.3. The molecule has 2 N–H and O–H groups in total. The summed E-state index contributed by atoms with van der Waals surface area (Å²) in [5.41, 5.74) is 1.25. The smallest absolute Gasteiger partial charge is 0.127 e. The zero-order valence-corrected chi connectivity index (χ0v) is 10.3. The third-order valence-corrected chi connectivity index (χ3v) is 2.98. The number of rotatable bonds is 4. The molecule has 0 saturated carbocycles. The maximum Gasteiger partial charge on any atom is 0.127 e. The molecule has 2 nitrogen and oxygen atoms in total. The summed E-state index contributed by atoms with van der Waals surface area (Å²) < 4.78 is 13.4. The molecule has 1 aromatic rings. The Labute approximate surface area is 96.5 Å². The Morgan fingerprint density at radius 2 is 2.06 bits per heavy atom. The molecule has 3 heteroatoms. The highest BCUT2D eigenvalue weighted by atomic mass is 19.1. The minimum atomic E-state index is -0.486. The Kier molecular flexibility index (Phi) is 4.05. The highest BCUT2D eigenvalue weighted by Crippen LogP contribution is 2.13. The first-order valence-electron chi connectivity index (χ1n) is 5.51. The van der Waals surface area contributed by atoms with Crippen LogP contribution < -0.4 is 5.32 Å². The highest BCUT2D eigenvalue weighted by Gasteiger charge is 2.23. The van der Waals surface area contributed by atoms with Gasteiger partial charge in [-0.1, -0.05) is 17.7 Å². The van der Waals surface area contributed by atoms with Gasteiger partial charge in [0, 0.05) is 17.6 Å². The van der Waals surface area contributed by atoms with Crippen molar-refractivity contribution in [1.82, 2.24) is 5.32 Å². The van der Waals surface area contributed by atoms with E-state index in [-0.39, 0.29) is 5.82 Å². The van der Waals surface area contributed by atoms with Gasteiger partial charge in [-0.3, -0.25) is 0 Å². The van der Waals surface area contributed by atoms with Gasteiger partial charge in [0.05, 0.1) is 6.10 Å². The number of aryl methyl sites for hydroxylation is 1. The molecular weight excluding hydrogens is 205 g/mol. The molecule has 1 atom stereocenters. The van der Waals surface area contributed by atoms with E-state index >= 15 is 0 Å². The Morgan fingerprint density at radius 3 is 2.62 bits per heavy atom. The molecule has 0 amide bonds. The molecule has 1 unspecified atom stereocenters. The lowest BCUT2D eigenvalue weighted by Crippen LogP contribution is -2.47. The third-order valence-electron chi connectivity index (χ3n) is 2.98. The molecule has 1 aromatic carbocycles. The standard InChI is InChI=1S/C13H20FNO/c1-9-5-6-12(14)11(7-9)8-15-13(3,4)10(2)16/h5-7,10,15-16H,8H2,1-4H3. The van der Waals surface area contributed by atoms with Crippen molar-refractivity contribution >= 4 is 0 Å². The van der Waals surface area contributed by atoms with E-state index in [9.17, 15) is 9.50 Å². The quantitative estimate of drug-likeness (QED) is 0.824. The van der Waals surface area contributed by atoms with Crippen LogP contribution in [0.15, 0.2) is 18.2 Å². The van der Waals surface area contributed by atoms with Crippen molar-refractivity contribution < 1.29 is 9.50 Å². The fraction of sp³-hybridized carbons (Fsp3) is 0.538. The fourth-order valence-electron chi connectivity index (χ4n) is 1.31. The maximum absolute atomic E-state index is 13.4. The van der Waals surface area contributed by atoms with Crippen molar-refractivity contribution in [3.8, 4) is 0 Å². The molecule has 0 aliphatic carbocycles. The predicted octanol–water partition coefficient (Wildman–Crippen LogP) is 2.38. The molecule has 0 bridgehead atoms. The molecule has 0 aromatic heterocycles. The van der Waals surface area contributed by atoms with Crippen LogP contribution >= 0.6 is 0 Å². The maximum atomic E-state index is 13.4. The second-order valence-corrected chi connectivity index (χ2v) is 4.85. The minimum Gasteiger partial charge on any atom is -0.392 e. The summed E-state index contributed by atoms with van der Waals surface area (Å²) in [6.07, 6.45) is -0.486. The van der Waals surface area contributed by atoms with Crippen LogP contribution in [0.25, 0.3) is 0 Å². The molecule has 0 aliphatic heterocycles. The van der Waals surface area contributed by atoms with Crippen LogP contribution in [0, 0.1) is 12.7 Å². The molecule has 90 valence electrons. The van der Waals surface area contributed by atoms with Crippen molar-refractivity contribution in [2.45, 2.75) is 45.9 Å². The zero-order valence-electron chi connectivity index (χ0n) is 10.3. The van der Waals surface area contributed by atoms with Gasteiger partial charge in [0.1, 0.15) is 5.82 Å². The van der Waals surface area contributed by atoms with Gasteiger partial charge in [-0.15, -0.1) is 0 Å². The van der Waals surface area contributed by atoms with Crippen molar-refractivity contribution in [3.05, 3.63) is 35.1 Å². The largest absolute Gasteiger partial charge is 0.392 e. The topological polar surface area (TPSA) is 32.3 Å². The van der Waals surface area contributed by atoms with Crippen LogP contribution in [0.5, 0.6) is 0 Å². The molecule has 1 rings (SSSR count). The Hall–Kier alpha value is -0.930. The second-order valence-electron chi connectivity index (χ2n) is 4.85. The molecule has 0 heterocycles. The average molecular weight is 225 g/mol. The SMILES string of the molecule is Cc1ccc(F)c(CNC(C)(C)C(C)O)c1. The number of benzene rings is 1. The van der Waals surface area contributed by atoms with E-state index in [4.69, 9.17) is 0 Å². The monoisotopic (exact) mass is 225 g/mol. The highest BCUT2D eigenvalue weighted by molar-refractivity contribution is 5.24. The first-order valence-corrected chi connectivity index (χ1v) is 5.51. The number of halogens is 1. The molecule has 16 heavy (non-hydrogen) atoms. The summed E-state index contributed by atoms with van der Waals surface area (Å²) in [4.78, 5) is 0. The average Bonchev–Trinajstić information content (AvgIpc) is 2.19. The molecule has 0 aliphatic rings. The number of aliphatic hydroxyl groups excluding tert-OH is 1. The van der Waals surface area contributed by atoms with Gasteiger partial charge >= 0.3 is 0 Å². The van der Waals surface area contributed by atoms with E-state index in [0.717, 1.165) is 5.56 Å². The molecule has 0 saturated heterocycles. The van der Waals surface area contributed by atoms with Crippen molar-refractivity contribution in [2.24, 2.45) is 0 Å². The van der Waals surface area contributed by atoms with E-state index in [1.807, 2.05) is 26.8 Å². The van der Waals surface area contributed by atoms with Crippen LogP contribution in [0.3, 0.4) is 0 Å². The Morgan fingerprint density at radius 1 is 1.44 bits per heavy atom. The third kappa shape index (κ3) is 3.29. The second kappa shape index (κ2) is 4.93. The lowest BCUT2D eigenvalue weighted by molar-refractivity contribution is 0.0954. The summed E-state index contributed by atoms with van der Waals surface area (Å²) in [7, 11) is 0. The van der Waals surface area contributed by atoms with Gasteiger partial charge in [0.15, 0.2) is 0 Å². The van der Waals surface area contributed by atoms with Gasteiger partial charge in [-0.05, 0) is 33.8 Å². The summed E-state index contributed by atoms with van der Waals surface area (Å²) in [5.74, 6) is -0.209. The van der Waals surface area contributed by atoms with Crippen LogP contribution in [-0.4, -0.2) is 16.7 Å². The number of hydrogen-bond acceptors (Lipinski definition) is 2. The first-order chi connectivity index (χ1) is 7.33. The van der Waals surface area contributed by atoms with Crippen molar-refractivity contribution in [1.29, 1.82) is 0 Å². The van der Waals surface area contributed by atoms with Crippen LogP contribution in [0.4, 0.5) is 4.39 Å². The lowest BCUT2D eigenvalue weighted by Gasteiger charge is -2.29. The number of aliphatic hydroxyl groups is 1. The number of hydrogen-bond donors (Lipinski definition) is 2. The predicted molar refractivity (Wildman–Crippen MR) is 63.7 cm³/mol. The van der Waals surface area contributed by atoms with E-state index < -0.39 is 11.6 Å². The van der Waals surface area contributed by atoms with Crippen LogP contribution in [-0.2, 0) is 6.54 Å². The Bertz CT molecular complexity index is 361. The minimum absolute atomic E-state index is 0.209. The van der Waals surface area contributed by atoms with E-state index in [1.54, 1.807) is 13.0 Å². The van der Waals surface area contributed by atoms with Gasteiger partial charge in [0.2, 0.25) is 0 Å². The summed E-state index contributed by atoms with van der Waals surface area (Å²) in [5, 5.41) is 12.7. The van der Waals surface area contributed by atoms with Crippen molar-refractivity contribution in [3.63, 3.8) is 0 Å². The van der Waals surface area contributed by atoms with Crippen LogP contribution in [0.1, 0.15) is 31.9 Å². The van der Waals surface area contributed by atoms with Crippen molar-refractivity contribution in [2.75, 3.05) is 0 Å². The molecular formula is C13H20FNO. The van der Waals surface area contributed by atoms with Gasteiger partial charge in [-0.25, -0.2) is 4.39 Å². The number of nitrogens with one attached hydrogen (secondary N) is 1. The lowest BCUT2D eigenvalue weighted by atomic mass is 9.98. The summed E-state index contributed by atoms with van der Waals surface area (Å²) in [6, 6.07) is 5.04. The van der Waals surface area contributed by atoms with Crippen LogP contribution in [0.2, 0.25) is 0 Å². The van der Waals surface area contributed by atoms with Gasteiger partial charge in [0.25, 0.3) is 0 Å². The van der Waals surface area contributed by atoms with Gasteiger partial charge in [-0.2, -0.15) is 0 Å². The van der Waals surface area contributed by atoms with E-state index in [1.165, 1.54) is 6.07 Å². The summed E-state index contributed by atoms with van der Waals surface area (Å²) in [6.45, 7) is 7.87. The van der Waals surface area contributed by atoms with E-state index in [0.29, 0.717) is 12.1 Å². The normalized spacial score (nSPS) is 13.9. The molecule has 0 fully saturated rings.